The number of aliphatic hydroxyl groups excluding tert-OH is 1. The zero-order valence-electron chi connectivity index (χ0n) is 11.7. The molecule has 4 rings (SSSR count). The Kier molecular flexibility index (Phi) is 3.25. The molecule has 3 aromatic carbocycles. The Bertz CT molecular complexity index is 971. The van der Waals surface area contributed by atoms with Crippen LogP contribution in [-0.4, -0.2) is 5.11 Å². The Morgan fingerprint density at radius 3 is 2.41 bits per heavy atom. The minimum Gasteiger partial charge on any atom is -0.456 e. The van der Waals surface area contributed by atoms with E-state index in [1.807, 2.05) is 66.7 Å². The van der Waals surface area contributed by atoms with Gasteiger partial charge < -0.3 is 9.52 Å². The Hall–Kier alpha value is -2.10. The van der Waals surface area contributed by atoms with Gasteiger partial charge in [-0.2, -0.15) is 0 Å². The van der Waals surface area contributed by atoms with E-state index in [4.69, 9.17) is 4.42 Å². The number of fused-ring (bicyclic) bond motifs is 3. The van der Waals surface area contributed by atoms with Crippen LogP contribution in [0.2, 0.25) is 0 Å². The van der Waals surface area contributed by atoms with Gasteiger partial charge in [0.15, 0.2) is 0 Å². The molecule has 0 aliphatic heterocycles. The highest BCUT2D eigenvalue weighted by atomic mass is 79.9. The number of benzene rings is 3. The van der Waals surface area contributed by atoms with Crippen molar-refractivity contribution in [3.63, 3.8) is 0 Å². The van der Waals surface area contributed by atoms with Crippen LogP contribution in [0.1, 0.15) is 17.2 Å². The van der Waals surface area contributed by atoms with E-state index in [1.54, 1.807) is 0 Å². The van der Waals surface area contributed by atoms with Crippen LogP contribution in [-0.2, 0) is 0 Å². The van der Waals surface area contributed by atoms with Gasteiger partial charge in [-0.15, -0.1) is 0 Å². The van der Waals surface area contributed by atoms with Gasteiger partial charge in [-0.25, -0.2) is 0 Å². The molecule has 108 valence electrons. The van der Waals surface area contributed by atoms with E-state index in [-0.39, 0.29) is 0 Å². The van der Waals surface area contributed by atoms with Crippen molar-refractivity contribution in [3.05, 3.63) is 82.3 Å². The second-order valence-electron chi connectivity index (χ2n) is 5.31. The Morgan fingerprint density at radius 2 is 1.55 bits per heavy atom. The molecule has 1 N–H and O–H groups in total. The average Bonchev–Trinajstić information content (AvgIpc) is 2.91. The molecule has 22 heavy (non-hydrogen) atoms. The summed E-state index contributed by atoms with van der Waals surface area (Å²) < 4.78 is 6.84. The van der Waals surface area contributed by atoms with Crippen LogP contribution in [0.5, 0.6) is 0 Å². The summed E-state index contributed by atoms with van der Waals surface area (Å²) in [6.07, 6.45) is -0.671. The molecule has 1 atom stereocenters. The number of furan rings is 1. The van der Waals surface area contributed by atoms with Crippen LogP contribution >= 0.6 is 15.9 Å². The number of para-hydroxylation sites is 1. The predicted octanol–water partition coefficient (Wildman–Crippen LogP) is 5.43. The molecule has 4 aromatic rings. The van der Waals surface area contributed by atoms with E-state index >= 15 is 0 Å². The molecule has 0 amide bonds. The summed E-state index contributed by atoms with van der Waals surface area (Å²) in [5.74, 6) is 0. The third kappa shape index (κ3) is 2.23. The standard InChI is InChI=1S/C19H13BrO2/c20-14-5-3-4-12(10-14)19(21)13-8-9-16-15-6-1-2-7-17(15)22-18(16)11-13/h1-11,19,21H/t19-/m0/s1. The molecule has 0 saturated carbocycles. The van der Waals surface area contributed by atoms with E-state index < -0.39 is 6.10 Å². The molecule has 1 heterocycles. The summed E-state index contributed by atoms with van der Waals surface area (Å²) in [4.78, 5) is 0. The summed E-state index contributed by atoms with van der Waals surface area (Å²) >= 11 is 3.44. The Balaban J connectivity index is 1.84. The summed E-state index contributed by atoms with van der Waals surface area (Å²) in [5.41, 5.74) is 3.34. The van der Waals surface area contributed by atoms with Crippen LogP contribution in [0.15, 0.2) is 75.6 Å². The fourth-order valence-corrected chi connectivity index (χ4v) is 3.20. The third-order valence-electron chi connectivity index (χ3n) is 3.88. The molecule has 0 bridgehead atoms. The molecule has 3 heteroatoms. The van der Waals surface area contributed by atoms with Crippen LogP contribution in [0.3, 0.4) is 0 Å². The first-order chi connectivity index (χ1) is 10.7. The normalized spacial score (nSPS) is 12.8. The second-order valence-corrected chi connectivity index (χ2v) is 6.23. The van der Waals surface area contributed by atoms with Gasteiger partial charge in [-0.3, -0.25) is 0 Å². The zero-order chi connectivity index (χ0) is 15.1. The monoisotopic (exact) mass is 352 g/mol. The van der Waals surface area contributed by atoms with Crippen molar-refractivity contribution >= 4 is 37.9 Å². The highest BCUT2D eigenvalue weighted by Gasteiger charge is 2.13. The SMILES string of the molecule is O[C@@H](c1cccc(Br)c1)c1ccc2c(c1)oc1ccccc12. The van der Waals surface area contributed by atoms with E-state index in [2.05, 4.69) is 15.9 Å². The van der Waals surface area contributed by atoms with Gasteiger partial charge in [0.25, 0.3) is 0 Å². The highest BCUT2D eigenvalue weighted by molar-refractivity contribution is 9.10. The van der Waals surface area contributed by atoms with Gasteiger partial charge in [0.05, 0.1) is 0 Å². The first-order valence-corrected chi connectivity index (χ1v) is 7.86. The number of rotatable bonds is 2. The van der Waals surface area contributed by atoms with Crippen LogP contribution < -0.4 is 0 Å². The molecule has 0 unspecified atom stereocenters. The topological polar surface area (TPSA) is 33.4 Å². The lowest BCUT2D eigenvalue weighted by Gasteiger charge is -2.11. The van der Waals surface area contributed by atoms with Crippen molar-refractivity contribution in [3.8, 4) is 0 Å². The average molecular weight is 353 g/mol. The minimum atomic E-state index is -0.671. The second kappa shape index (κ2) is 5.27. The lowest BCUT2D eigenvalue weighted by atomic mass is 10.0. The first-order valence-electron chi connectivity index (χ1n) is 7.07. The number of hydrogen-bond donors (Lipinski definition) is 1. The fourth-order valence-electron chi connectivity index (χ4n) is 2.78. The summed E-state index contributed by atoms with van der Waals surface area (Å²) in [7, 11) is 0. The smallest absolute Gasteiger partial charge is 0.135 e. The van der Waals surface area contributed by atoms with Gasteiger partial charge in [0, 0.05) is 15.2 Å². The van der Waals surface area contributed by atoms with Gasteiger partial charge in [0.2, 0.25) is 0 Å². The molecular weight excluding hydrogens is 340 g/mol. The maximum absolute atomic E-state index is 10.6. The minimum absolute atomic E-state index is 0.671. The molecule has 0 saturated heterocycles. The van der Waals surface area contributed by atoms with Crippen molar-refractivity contribution in [2.45, 2.75) is 6.10 Å². The number of aliphatic hydroxyl groups is 1. The third-order valence-corrected chi connectivity index (χ3v) is 4.38. The molecule has 1 aromatic heterocycles. The quantitative estimate of drug-likeness (QED) is 0.521. The maximum Gasteiger partial charge on any atom is 0.135 e. The molecule has 0 aliphatic rings. The van der Waals surface area contributed by atoms with E-state index in [1.165, 1.54) is 0 Å². The highest BCUT2D eigenvalue weighted by Crippen LogP contribution is 2.32. The van der Waals surface area contributed by atoms with Crippen LogP contribution in [0.4, 0.5) is 0 Å². The Labute approximate surface area is 136 Å². The number of halogens is 1. The van der Waals surface area contributed by atoms with E-state index in [9.17, 15) is 5.11 Å². The van der Waals surface area contributed by atoms with Gasteiger partial charge in [-0.1, -0.05) is 58.4 Å². The van der Waals surface area contributed by atoms with Gasteiger partial charge in [-0.05, 0) is 35.4 Å². The molecule has 2 nitrogen and oxygen atoms in total. The summed E-state index contributed by atoms with van der Waals surface area (Å²) in [6.45, 7) is 0. The van der Waals surface area contributed by atoms with Crippen LogP contribution in [0.25, 0.3) is 21.9 Å². The van der Waals surface area contributed by atoms with Gasteiger partial charge >= 0.3 is 0 Å². The fraction of sp³-hybridized carbons (Fsp3) is 0.0526. The van der Waals surface area contributed by atoms with Crippen molar-refractivity contribution < 1.29 is 9.52 Å². The van der Waals surface area contributed by atoms with Crippen molar-refractivity contribution in [2.24, 2.45) is 0 Å². The molecule has 0 radical (unpaired) electrons. The zero-order valence-corrected chi connectivity index (χ0v) is 13.2. The maximum atomic E-state index is 10.6. The van der Waals surface area contributed by atoms with Gasteiger partial charge in [0.1, 0.15) is 17.3 Å². The largest absolute Gasteiger partial charge is 0.456 e. The molecule has 0 fully saturated rings. The van der Waals surface area contributed by atoms with E-state index in [0.717, 1.165) is 37.5 Å². The first kappa shape index (κ1) is 13.6. The van der Waals surface area contributed by atoms with E-state index in [0.29, 0.717) is 0 Å². The van der Waals surface area contributed by atoms with Crippen LogP contribution in [0, 0.1) is 0 Å². The van der Waals surface area contributed by atoms with Crippen molar-refractivity contribution in [1.29, 1.82) is 0 Å². The summed E-state index contributed by atoms with van der Waals surface area (Å²) in [6, 6.07) is 21.6. The number of hydrogen-bond acceptors (Lipinski definition) is 2. The molecule has 0 aliphatic carbocycles. The lowest BCUT2D eigenvalue weighted by Crippen LogP contribution is -1.99. The predicted molar refractivity (Wildman–Crippen MR) is 91.9 cm³/mol. The Morgan fingerprint density at radius 1 is 0.773 bits per heavy atom. The molecular formula is C19H13BrO2. The lowest BCUT2D eigenvalue weighted by molar-refractivity contribution is 0.220. The van der Waals surface area contributed by atoms with Crippen molar-refractivity contribution in [2.75, 3.05) is 0 Å². The molecule has 0 spiro atoms. The van der Waals surface area contributed by atoms with Crippen molar-refractivity contribution in [1.82, 2.24) is 0 Å². The summed E-state index contributed by atoms with van der Waals surface area (Å²) in [5, 5.41) is 12.8.